The van der Waals surface area contributed by atoms with Crippen LogP contribution in [-0.2, 0) is 28.9 Å². The van der Waals surface area contributed by atoms with Crippen molar-refractivity contribution in [2.24, 2.45) is 0 Å². The molecule has 0 bridgehead atoms. The van der Waals surface area contributed by atoms with E-state index in [4.69, 9.17) is 19.0 Å². The molecule has 0 amide bonds. The molecule has 0 aliphatic carbocycles. The highest BCUT2D eigenvalue weighted by atomic mass is 16.5. The fourth-order valence-electron chi connectivity index (χ4n) is 5.00. The minimum atomic E-state index is -0.838. The summed E-state index contributed by atoms with van der Waals surface area (Å²) in [5, 5.41) is 18.6. The average molecular weight is 567 g/mol. The Morgan fingerprint density at radius 2 is 1.41 bits per heavy atom. The molecule has 41 heavy (non-hydrogen) atoms. The number of unbranched alkanes of at least 4 members (excludes halogenated alkanes) is 5. The zero-order chi connectivity index (χ0) is 29.5. The summed E-state index contributed by atoms with van der Waals surface area (Å²) in [7, 11) is 0. The number of fused-ring (bicyclic) bond motifs is 1. The van der Waals surface area contributed by atoms with Crippen molar-refractivity contribution in [1.82, 2.24) is 0 Å². The van der Waals surface area contributed by atoms with Gasteiger partial charge in [-0.25, -0.2) is 0 Å². The second-order valence-corrected chi connectivity index (χ2v) is 10.3. The quantitative estimate of drug-likeness (QED) is 0.141. The van der Waals surface area contributed by atoms with E-state index in [0.29, 0.717) is 37.0 Å². The fraction of sp³-hybridized carbons (Fsp3) is 0.485. The zero-order valence-corrected chi connectivity index (χ0v) is 24.0. The second-order valence-electron chi connectivity index (χ2n) is 10.3. The third kappa shape index (κ3) is 10.3. The Morgan fingerprint density at radius 1 is 0.732 bits per heavy atom. The van der Waals surface area contributed by atoms with E-state index in [1.54, 1.807) is 6.07 Å². The molecule has 0 spiro atoms. The normalized spacial score (nSPS) is 11.0. The highest BCUT2D eigenvalue weighted by Gasteiger charge is 2.14. The number of hydrogen-bond donors (Lipinski definition) is 2. The van der Waals surface area contributed by atoms with Crippen molar-refractivity contribution in [2.75, 3.05) is 13.2 Å². The zero-order valence-electron chi connectivity index (χ0n) is 24.0. The first kappa shape index (κ1) is 31.7. The Hall–Kier alpha value is -3.81. The topological polar surface area (TPSA) is 123 Å². The number of benzene rings is 2. The Labute approximate surface area is 241 Å². The minimum absolute atomic E-state index is 0.0432. The van der Waals surface area contributed by atoms with Gasteiger partial charge in [0.15, 0.2) is 5.43 Å². The maximum atomic E-state index is 12.2. The number of aryl methyl sites for hydroxylation is 2. The van der Waals surface area contributed by atoms with Crippen LogP contribution in [0.25, 0.3) is 11.0 Å². The van der Waals surface area contributed by atoms with Crippen molar-refractivity contribution >= 4 is 22.9 Å². The summed E-state index contributed by atoms with van der Waals surface area (Å²) in [4.78, 5) is 34.1. The summed E-state index contributed by atoms with van der Waals surface area (Å²) >= 11 is 0. The molecule has 0 saturated carbocycles. The monoisotopic (exact) mass is 566 g/mol. The van der Waals surface area contributed by atoms with Gasteiger partial charge in [-0.15, -0.1) is 0 Å². The lowest BCUT2D eigenvalue weighted by Crippen LogP contribution is -2.06. The average Bonchev–Trinajstić information content (AvgIpc) is 2.94. The number of carbonyl (C=O) groups is 2. The van der Waals surface area contributed by atoms with Gasteiger partial charge in [0, 0.05) is 24.5 Å². The van der Waals surface area contributed by atoms with E-state index in [-0.39, 0.29) is 18.3 Å². The Balaban J connectivity index is 1.48. The van der Waals surface area contributed by atoms with Crippen LogP contribution in [0, 0.1) is 0 Å². The van der Waals surface area contributed by atoms with Gasteiger partial charge in [0.2, 0.25) is 0 Å². The first-order valence-electron chi connectivity index (χ1n) is 14.7. The van der Waals surface area contributed by atoms with Crippen LogP contribution in [0.4, 0.5) is 0 Å². The lowest BCUT2D eigenvalue weighted by atomic mass is 9.97. The second kappa shape index (κ2) is 17.1. The van der Waals surface area contributed by atoms with Gasteiger partial charge >= 0.3 is 11.9 Å². The maximum Gasteiger partial charge on any atom is 0.303 e. The minimum Gasteiger partial charge on any atom is -0.493 e. The Bertz CT molecular complexity index is 1330. The molecule has 8 heteroatoms. The molecule has 0 saturated heterocycles. The Kier molecular flexibility index (Phi) is 13.2. The molecule has 1 aromatic heterocycles. The number of aliphatic carboxylic acids is 2. The molecule has 0 aliphatic heterocycles. The van der Waals surface area contributed by atoms with Gasteiger partial charge in [-0.3, -0.25) is 14.4 Å². The summed E-state index contributed by atoms with van der Waals surface area (Å²) < 4.78 is 17.8. The third-order valence-electron chi connectivity index (χ3n) is 7.10. The molecule has 2 N–H and O–H groups in total. The van der Waals surface area contributed by atoms with Crippen molar-refractivity contribution in [2.45, 2.75) is 90.4 Å². The molecule has 3 aromatic rings. The summed E-state index contributed by atoms with van der Waals surface area (Å²) in [6.07, 6.45) is 10.6. The molecule has 0 radical (unpaired) electrons. The molecule has 2 aromatic carbocycles. The van der Waals surface area contributed by atoms with Gasteiger partial charge in [-0.1, -0.05) is 38.3 Å². The molecular formula is C33H42O8. The van der Waals surface area contributed by atoms with E-state index in [9.17, 15) is 19.5 Å². The highest BCUT2D eigenvalue weighted by molar-refractivity contribution is 5.82. The lowest BCUT2D eigenvalue weighted by molar-refractivity contribution is -0.138. The molecular weight excluding hydrogens is 524 g/mol. The van der Waals surface area contributed by atoms with Crippen molar-refractivity contribution in [1.29, 1.82) is 0 Å². The van der Waals surface area contributed by atoms with E-state index in [2.05, 4.69) is 6.92 Å². The molecule has 0 unspecified atom stereocenters. The van der Waals surface area contributed by atoms with E-state index >= 15 is 0 Å². The fourth-order valence-corrected chi connectivity index (χ4v) is 5.00. The molecule has 0 fully saturated rings. The Morgan fingerprint density at radius 3 is 2.12 bits per heavy atom. The molecule has 222 valence electrons. The van der Waals surface area contributed by atoms with Gasteiger partial charge < -0.3 is 24.1 Å². The molecule has 0 atom stereocenters. The van der Waals surface area contributed by atoms with Crippen molar-refractivity contribution in [3.05, 3.63) is 69.6 Å². The van der Waals surface area contributed by atoms with E-state index in [1.807, 2.05) is 24.3 Å². The number of hydrogen-bond acceptors (Lipinski definition) is 6. The standard InChI is InChI=1S/C33H42O8/c1-2-11-27-30(18-16-26-28(34)20-23-41-33(26)27)40-21-8-4-3-6-12-24-13-10-14-29(25(24)17-19-32(37)38)39-22-9-5-7-15-31(35)36/h10,13-14,16,18,20,23H,2-9,11-12,15,17,19,21-22H2,1H3,(H,35,36)(H,37,38). The van der Waals surface area contributed by atoms with Crippen LogP contribution < -0.4 is 14.9 Å². The predicted octanol–water partition coefficient (Wildman–Crippen LogP) is 6.97. The van der Waals surface area contributed by atoms with Gasteiger partial charge in [0.05, 0.1) is 24.9 Å². The molecule has 0 aliphatic rings. The first-order chi connectivity index (χ1) is 19.9. The van der Waals surface area contributed by atoms with Crippen LogP contribution in [0.15, 0.2) is 51.9 Å². The maximum absolute atomic E-state index is 12.2. The van der Waals surface area contributed by atoms with Crippen LogP contribution in [0.2, 0.25) is 0 Å². The summed E-state index contributed by atoms with van der Waals surface area (Å²) in [6, 6.07) is 11.0. The van der Waals surface area contributed by atoms with Crippen LogP contribution in [-0.4, -0.2) is 35.4 Å². The SMILES string of the molecule is CCCc1c(OCCCCCCc2cccc(OCCCCCC(=O)O)c2CCC(=O)O)ccc2c(=O)ccoc12. The number of rotatable bonds is 20. The predicted molar refractivity (Wildman–Crippen MR) is 158 cm³/mol. The van der Waals surface area contributed by atoms with Crippen molar-refractivity contribution in [3.8, 4) is 11.5 Å². The van der Waals surface area contributed by atoms with Gasteiger partial charge in [-0.05, 0) is 80.7 Å². The van der Waals surface area contributed by atoms with Crippen LogP contribution in [0.1, 0.15) is 87.8 Å². The molecule has 3 rings (SSSR count). The summed E-state index contributed by atoms with van der Waals surface area (Å²) in [5.41, 5.74) is 3.58. The van der Waals surface area contributed by atoms with E-state index in [1.165, 1.54) is 12.3 Å². The van der Waals surface area contributed by atoms with Crippen molar-refractivity contribution < 1.29 is 33.7 Å². The third-order valence-corrected chi connectivity index (χ3v) is 7.10. The van der Waals surface area contributed by atoms with Crippen LogP contribution in [0.5, 0.6) is 11.5 Å². The van der Waals surface area contributed by atoms with Crippen molar-refractivity contribution in [3.63, 3.8) is 0 Å². The summed E-state index contributed by atoms with van der Waals surface area (Å²) in [5.74, 6) is -0.126. The van der Waals surface area contributed by atoms with Crippen LogP contribution >= 0.6 is 0 Å². The summed E-state index contributed by atoms with van der Waals surface area (Å²) in [6.45, 7) is 3.15. The highest BCUT2D eigenvalue weighted by Crippen LogP contribution is 2.29. The van der Waals surface area contributed by atoms with E-state index < -0.39 is 11.9 Å². The lowest BCUT2D eigenvalue weighted by Gasteiger charge is -2.16. The molecule has 1 heterocycles. The van der Waals surface area contributed by atoms with Gasteiger partial charge in [0.25, 0.3) is 0 Å². The molecule has 8 nitrogen and oxygen atoms in total. The van der Waals surface area contributed by atoms with Gasteiger partial charge in [-0.2, -0.15) is 0 Å². The smallest absolute Gasteiger partial charge is 0.303 e. The van der Waals surface area contributed by atoms with Gasteiger partial charge in [0.1, 0.15) is 17.1 Å². The van der Waals surface area contributed by atoms with Crippen LogP contribution in [0.3, 0.4) is 0 Å². The number of ether oxygens (including phenoxy) is 2. The number of carboxylic acids is 2. The van der Waals surface area contributed by atoms with E-state index in [0.717, 1.165) is 86.0 Å². The first-order valence-corrected chi connectivity index (χ1v) is 14.7. The largest absolute Gasteiger partial charge is 0.493 e. The number of carboxylic acid groups (broad SMARTS) is 2.